The molecule has 0 heterocycles. The maximum atomic E-state index is 13.7. The third-order valence-corrected chi connectivity index (χ3v) is 3.17. The number of hydrogen-bond acceptors (Lipinski definition) is 0. The Morgan fingerprint density at radius 2 is 2.06 bits per heavy atom. The number of alkyl halides is 1. The molecule has 90 valence electrons. The predicted molar refractivity (Wildman–Crippen MR) is 71.5 cm³/mol. The van der Waals surface area contributed by atoms with Crippen LogP contribution in [0.2, 0.25) is 0 Å². The third-order valence-electron chi connectivity index (χ3n) is 2.52. The maximum absolute atomic E-state index is 13.7. The first kappa shape index (κ1) is 14.0. The second-order valence-electron chi connectivity index (χ2n) is 5.06. The number of halogens is 3. The summed E-state index contributed by atoms with van der Waals surface area (Å²) in [7, 11) is 0. The van der Waals surface area contributed by atoms with Gasteiger partial charge in [0.2, 0.25) is 0 Å². The van der Waals surface area contributed by atoms with Crippen LogP contribution < -0.4 is 0 Å². The Balaban J connectivity index is 2.79. The standard InChI is InChI=1S/C13H17BrClF/c1-9(15)7-13(2,3)8-10-4-5-11(14)6-12(10)16/h4-6,9H,7-8H2,1-3H3. The molecule has 0 fully saturated rings. The van der Waals surface area contributed by atoms with Crippen LogP contribution in [0, 0.1) is 11.2 Å². The Kier molecular flexibility index (Phi) is 4.81. The molecule has 0 nitrogen and oxygen atoms in total. The summed E-state index contributed by atoms with van der Waals surface area (Å²) in [5.74, 6) is -0.148. The van der Waals surface area contributed by atoms with Crippen LogP contribution >= 0.6 is 27.5 Å². The minimum absolute atomic E-state index is 0.0236. The molecule has 1 aromatic rings. The van der Waals surface area contributed by atoms with Gasteiger partial charge in [0.25, 0.3) is 0 Å². The highest BCUT2D eigenvalue weighted by atomic mass is 79.9. The Morgan fingerprint density at radius 1 is 1.44 bits per heavy atom. The Labute approximate surface area is 110 Å². The maximum Gasteiger partial charge on any atom is 0.127 e. The molecule has 1 aromatic carbocycles. The predicted octanol–water partition coefficient (Wildman–Crippen LogP) is 5.17. The summed E-state index contributed by atoms with van der Waals surface area (Å²) in [6.07, 6.45) is 1.59. The summed E-state index contributed by atoms with van der Waals surface area (Å²) in [6.45, 7) is 6.21. The molecule has 0 aliphatic rings. The minimum atomic E-state index is -0.148. The van der Waals surface area contributed by atoms with Gasteiger partial charge in [-0.2, -0.15) is 0 Å². The first-order chi connectivity index (χ1) is 7.30. The largest absolute Gasteiger partial charge is 0.207 e. The fourth-order valence-corrected chi connectivity index (χ4v) is 2.77. The lowest BCUT2D eigenvalue weighted by atomic mass is 9.81. The monoisotopic (exact) mass is 306 g/mol. The van der Waals surface area contributed by atoms with Gasteiger partial charge < -0.3 is 0 Å². The van der Waals surface area contributed by atoms with Gasteiger partial charge in [-0.15, -0.1) is 11.6 Å². The normalized spacial score (nSPS) is 13.9. The van der Waals surface area contributed by atoms with Crippen LogP contribution in [0.1, 0.15) is 32.8 Å². The van der Waals surface area contributed by atoms with Gasteiger partial charge in [0.1, 0.15) is 5.82 Å². The highest BCUT2D eigenvalue weighted by Gasteiger charge is 2.22. The van der Waals surface area contributed by atoms with E-state index in [1.54, 1.807) is 0 Å². The van der Waals surface area contributed by atoms with Gasteiger partial charge in [0, 0.05) is 9.85 Å². The van der Waals surface area contributed by atoms with Gasteiger partial charge in [-0.3, -0.25) is 0 Å². The van der Waals surface area contributed by atoms with Crippen molar-refractivity contribution < 1.29 is 4.39 Å². The molecule has 1 atom stereocenters. The minimum Gasteiger partial charge on any atom is -0.207 e. The molecule has 1 unspecified atom stereocenters. The van der Waals surface area contributed by atoms with Crippen molar-refractivity contribution in [3.63, 3.8) is 0 Å². The van der Waals surface area contributed by atoms with Gasteiger partial charge in [-0.25, -0.2) is 4.39 Å². The van der Waals surface area contributed by atoms with Crippen LogP contribution in [0.5, 0.6) is 0 Å². The van der Waals surface area contributed by atoms with E-state index in [0.29, 0.717) is 6.42 Å². The van der Waals surface area contributed by atoms with Crippen molar-refractivity contribution >= 4 is 27.5 Å². The van der Waals surface area contributed by atoms with Crippen molar-refractivity contribution in [2.45, 2.75) is 39.0 Å². The number of hydrogen-bond donors (Lipinski definition) is 0. The van der Waals surface area contributed by atoms with Crippen LogP contribution in [0.25, 0.3) is 0 Å². The summed E-state index contributed by atoms with van der Waals surface area (Å²) >= 11 is 9.25. The molecular weight excluding hydrogens is 290 g/mol. The van der Waals surface area contributed by atoms with Crippen molar-refractivity contribution in [1.82, 2.24) is 0 Å². The molecule has 0 spiro atoms. The van der Waals surface area contributed by atoms with E-state index in [9.17, 15) is 4.39 Å². The molecule has 0 aliphatic heterocycles. The van der Waals surface area contributed by atoms with Gasteiger partial charge in [-0.05, 0) is 42.9 Å². The highest BCUT2D eigenvalue weighted by Crippen LogP contribution is 2.30. The molecule has 0 aliphatic carbocycles. The third kappa shape index (κ3) is 4.42. The summed E-state index contributed by atoms with van der Waals surface area (Å²) in [4.78, 5) is 0. The lowest BCUT2D eigenvalue weighted by molar-refractivity contribution is 0.327. The second-order valence-corrected chi connectivity index (χ2v) is 6.72. The fourth-order valence-electron chi connectivity index (χ4n) is 2.01. The molecule has 0 amide bonds. The fraction of sp³-hybridized carbons (Fsp3) is 0.538. The summed E-state index contributed by atoms with van der Waals surface area (Å²) < 4.78 is 14.4. The van der Waals surface area contributed by atoms with Crippen LogP contribution in [0.3, 0.4) is 0 Å². The molecular formula is C13H17BrClF. The molecule has 0 bridgehead atoms. The first-order valence-corrected chi connectivity index (χ1v) is 6.61. The Morgan fingerprint density at radius 3 is 2.56 bits per heavy atom. The van der Waals surface area contributed by atoms with E-state index < -0.39 is 0 Å². The van der Waals surface area contributed by atoms with Gasteiger partial charge in [-0.1, -0.05) is 35.8 Å². The van der Waals surface area contributed by atoms with Crippen LogP contribution in [-0.2, 0) is 6.42 Å². The molecule has 0 N–H and O–H groups in total. The Bertz CT molecular complexity index is 361. The zero-order chi connectivity index (χ0) is 12.3. The van der Waals surface area contributed by atoms with Crippen molar-refractivity contribution in [2.24, 2.45) is 5.41 Å². The van der Waals surface area contributed by atoms with Crippen molar-refractivity contribution in [1.29, 1.82) is 0 Å². The van der Waals surface area contributed by atoms with E-state index in [-0.39, 0.29) is 16.6 Å². The summed E-state index contributed by atoms with van der Waals surface area (Å²) in [5, 5.41) is 0.119. The highest BCUT2D eigenvalue weighted by molar-refractivity contribution is 9.10. The molecule has 0 saturated carbocycles. The average molecular weight is 308 g/mol. The number of rotatable bonds is 4. The van der Waals surface area contributed by atoms with E-state index in [0.717, 1.165) is 16.5 Å². The van der Waals surface area contributed by atoms with Gasteiger partial charge in [0.15, 0.2) is 0 Å². The Hall–Kier alpha value is -0.0800. The quantitative estimate of drug-likeness (QED) is 0.673. The average Bonchev–Trinajstić information content (AvgIpc) is 2.07. The molecule has 3 heteroatoms. The van der Waals surface area contributed by atoms with Gasteiger partial charge >= 0.3 is 0 Å². The second kappa shape index (κ2) is 5.50. The lowest BCUT2D eigenvalue weighted by Crippen LogP contribution is -2.19. The van der Waals surface area contributed by atoms with E-state index in [4.69, 9.17) is 11.6 Å². The lowest BCUT2D eigenvalue weighted by Gasteiger charge is -2.26. The van der Waals surface area contributed by atoms with E-state index in [1.807, 2.05) is 19.1 Å². The number of benzene rings is 1. The zero-order valence-electron chi connectivity index (χ0n) is 9.86. The first-order valence-electron chi connectivity index (χ1n) is 5.38. The molecule has 0 radical (unpaired) electrons. The summed E-state index contributed by atoms with van der Waals surface area (Å²) in [5.41, 5.74) is 0.779. The smallest absolute Gasteiger partial charge is 0.127 e. The van der Waals surface area contributed by atoms with Crippen LogP contribution in [0.15, 0.2) is 22.7 Å². The SMILES string of the molecule is CC(Cl)CC(C)(C)Cc1ccc(Br)cc1F. The van der Waals surface area contributed by atoms with Crippen LogP contribution in [0.4, 0.5) is 4.39 Å². The van der Waals surface area contributed by atoms with Crippen LogP contribution in [-0.4, -0.2) is 5.38 Å². The van der Waals surface area contributed by atoms with Crippen molar-refractivity contribution in [3.05, 3.63) is 34.1 Å². The molecule has 0 saturated heterocycles. The molecule has 0 aromatic heterocycles. The summed E-state index contributed by atoms with van der Waals surface area (Å²) in [6, 6.07) is 5.22. The molecule has 16 heavy (non-hydrogen) atoms. The molecule has 1 rings (SSSR count). The van der Waals surface area contributed by atoms with Crippen molar-refractivity contribution in [3.8, 4) is 0 Å². The van der Waals surface area contributed by atoms with E-state index >= 15 is 0 Å². The topological polar surface area (TPSA) is 0 Å². The van der Waals surface area contributed by atoms with E-state index in [1.165, 1.54) is 6.07 Å². The van der Waals surface area contributed by atoms with Gasteiger partial charge in [0.05, 0.1) is 0 Å². The van der Waals surface area contributed by atoms with E-state index in [2.05, 4.69) is 29.8 Å². The van der Waals surface area contributed by atoms with Crippen molar-refractivity contribution in [2.75, 3.05) is 0 Å². The zero-order valence-corrected chi connectivity index (χ0v) is 12.2.